The third kappa shape index (κ3) is 3.65. The summed E-state index contributed by atoms with van der Waals surface area (Å²) in [6, 6.07) is 12.5. The molecule has 0 saturated carbocycles. The first kappa shape index (κ1) is 13.7. The number of pyridine rings is 1. The fraction of sp³-hybridized carbons (Fsp3) is 0.133. The Kier molecular flexibility index (Phi) is 4.44. The van der Waals surface area contributed by atoms with Gasteiger partial charge in [-0.3, -0.25) is 4.79 Å². The Morgan fingerprint density at radius 3 is 2.50 bits per heavy atom. The first-order valence-corrected chi connectivity index (χ1v) is 6.07. The molecule has 0 atom stereocenters. The second kappa shape index (κ2) is 6.47. The van der Waals surface area contributed by atoms with E-state index in [0.717, 1.165) is 5.56 Å². The van der Waals surface area contributed by atoms with Gasteiger partial charge in [-0.2, -0.15) is 0 Å². The predicted molar refractivity (Wildman–Crippen MR) is 74.4 cm³/mol. The molecule has 0 unspecified atom stereocenters. The van der Waals surface area contributed by atoms with E-state index >= 15 is 0 Å². The Balaban J connectivity index is 1.96. The molecule has 0 radical (unpaired) electrons. The minimum atomic E-state index is -0.459. The molecule has 2 rings (SSSR count). The van der Waals surface area contributed by atoms with E-state index in [0.29, 0.717) is 11.4 Å². The summed E-state index contributed by atoms with van der Waals surface area (Å²) in [4.78, 5) is 27.0. The number of rotatable bonds is 4. The van der Waals surface area contributed by atoms with Gasteiger partial charge >= 0.3 is 5.97 Å². The number of esters is 1. The molecule has 0 aliphatic heterocycles. The van der Waals surface area contributed by atoms with Gasteiger partial charge in [-0.25, -0.2) is 9.78 Å². The molecule has 1 N–H and O–H groups in total. The van der Waals surface area contributed by atoms with Gasteiger partial charge in [0.15, 0.2) is 0 Å². The summed E-state index contributed by atoms with van der Waals surface area (Å²) in [5, 5.41) is 2.67. The number of anilines is 1. The van der Waals surface area contributed by atoms with Crippen LogP contribution in [-0.2, 0) is 16.0 Å². The molecule has 0 fully saturated rings. The molecule has 2 aromatic rings. The maximum absolute atomic E-state index is 11.8. The second-order valence-corrected chi connectivity index (χ2v) is 4.13. The van der Waals surface area contributed by atoms with Crippen molar-refractivity contribution in [1.29, 1.82) is 0 Å². The topological polar surface area (TPSA) is 68.3 Å². The molecular formula is C15H14N2O3. The van der Waals surface area contributed by atoms with Gasteiger partial charge in [-0.05, 0) is 17.7 Å². The lowest BCUT2D eigenvalue weighted by Gasteiger charge is -2.05. The third-order valence-corrected chi connectivity index (χ3v) is 2.66. The lowest BCUT2D eigenvalue weighted by Crippen LogP contribution is -2.15. The van der Waals surface area contributed by atoms with Crippen molar-refractivity contribution < 1.29 is 14.3 Å². The number of nitrogens with zero attached hydrogens (tertiary/aromatic N) is 1. The third-order valence-electron chi connectivity index (χ3n) is 2.66. The lowest BCUT2D eigenvalue weighted by atomic mass is 10.1. The number of benzene rings is 1. The Bertz CT molecular complexity index is 594. The van der Waals surface area contributed by atoms with Crippen LogP contribution in [0.4, 0.5) is 5.82 Å². The fourth-order valence-corrected chi connectivity index (χ4v) is 1.67. The second-order valence-electron chi connectivity index (χ2n) is 4.13. The molecule has 1 aromatic heterocycles. The van der Waals surface area contributed by atoms with Gasteiger partial charge in [0.2, 0.25) is 5.91 Å². The molecule has 20 heavy (non-hydrogen) atoms. The molecular weight excluding hydrogens is 256 g/mol. The monoisotopic (exact) mass is 270 g/mol. The first-order valence-electron chi connectivity index (χ1n) is 6.07. The first-order chi connectivity index (χ1) is 9.69. The molecule has 1 amide bonds. The molecule has 1 aromatic carbocycles. The highest BCUT2D eigenvalue weighted by Crippen LogP contribution is 2.07. The summed E-state index contributed by atoms with van der Waals surface area (Å²) in [7, 11) is 1.30. The highest BCUT2D eigenvalue weighted by atomic mass is 16.5. The molecule has 1 heterocycles. The van der Waals surface area contributed by atoms with Gasteiger partial charge in [0, 0.05) is 6.20 Å². The van der Waals surface area contributed by atoms with Crippen LogP contribution in [0.25, 0.3) is 0 Å². The smallest absolute Gasteiger partial charge is 0.339 e. The summed E-state index contributed by atoms with van der Waals surface area (Å²) in [6.07, 6.45) is 1.64. The van der Waals surface area contributed by atoms with Crippen molar-refractivity contribution in [3.63, 3.8) is 0 Å². The van der Waals surface area contributed by atoms with Crippen molar-refractivity contribution in [3.05, 3.63) is 59.8 Å². The van der Waals surface area contributed by atoms with Crippen molar-refractivity contribution in [1.82, 2.24) is 4.98 Å². The number of methoxy groups -OCH3 is 1. The van der Waals surface area contributed by atoms with Crippen LogP contribution >= 0.6 is 0 Å². The Labute approximate surface area is 116 Å². The van der Waals surface area contributed by atoms with Crippen molar-refractivity contribution >= 4 is 17.7 Å². The zero-order valence-electron chi connectivity index (χ0n) is 11.0. The Morgan fingerprint density at radius 2 is 1.90 bits per heavy atom. The van der Waals surface area contributed by atoms with E-state index in [1.54, 1.807) is 12.1 Å². The van der Waals surface area contributed by atoms with Crippen LogP contribution in [0.2, 0.25) is 0 Å². The summed E-state index contributed by atoms with van der Waals surface area (Å²) < 4.78 is 4.57. The van der Waals surface area contributed by atoms with E-state index in [-0.39, 0.29) is 12.3 Å². The number of nitrogens with one attached hydrogen (secondary N) is 1. The molecule has 5 nitrogen and oxygen atoms in total. The van der Waals surface area contributed by atoms with Crippen molar-refractivity contribution in [3.8, 4) is 0 Å². The lowest BCUT2D eigenvalue weighted by molar-refractivity contribution is -0.115. The standard InChI is InChI=1S/C15H14N2O3/c1-20-15(19)12-7-8-13(16-10-12)17-14(18)9-11-5-3-2-4-6-11/h2-8,10H,9H2,1H3,(H,16,17,18). The fourth-order valence-electron chi connectivity index (χ4n) is 1.67. The number of amides is 1. The van der Waals surface area contributed by atoms with Crippen LogP contribution in [-0.4, -0.2) is 24.0 Å². The summed E-state index contributed by atoms with van der Waals surface area (Å²) >= 11 is 0. The molecule has 5 heteroatoms. The van der Waals surface area contributed by atoms with E-state index in [9.17, 15) is 9.59 Å². The summed E-state index contributed by atoms with van der Waals surface area (Å²) in [5.41, 5.74) is 1.27. The highest BCUT2D eigenvalue weighted by molar-refractivity contribution is 5.92. The van der Waals surface area contributed by atoms with Gasteiger partial charge in [0.1, 0.15) is 5.82 Å². The van der Waals surface area contributed by atoms with Gasteiger partial charge < -0.3 is 10.1 Å². The van der Waals surface area contributed by atoms with Crippen LogP contribution in [0.3, 0.4) is 0 Å². The summed E-state index contributed by atoms with van der Waals surface area (Å²) in [5.74, 6) is -0.215. The minimum Gasteiger partial charge on any atom is -0.465 e. The predicted octanol–water partition coefficient (Wildman–Crippen LogP) is 2.05. The number of carbonyl (C=O) groups is 2. The number of carbonyl (C=O) groups excluding carboxylic acids is 2. The number of hydrogen-bond acceptors (Lipinski definition) is 4. The summed E-state index contributed by atoms with van der Waals surface area (Å²) in [6.45, 7) is 0. The van der Waals surface area contributed by atoms with Gasteiger partial charge in [0.05, 0.1) is 19.1 Å². The number of hydrogen-bond donors (Lipinski definition) is 1. The van der Waals surface area contributed by atoms with Crippen molar-refractivity contribution in [2.24, 2.45) is 0 Å². The molecule has 0 bridgehead atoms. The molecule has 102 valence electrons. The molecule has 0 aliphatic carbocycles. The van der Waals surface area contributed by atoms with E-state index in [1.807, 2.05) is 30.3 Å². The normalized spacial score (nSPS) is 9.85. The largest absolute Gasteiger partial charge is 0.465 e. The van der Waals surface area contributed by atoms with Crippen molar-refractivity contribution in [2.75, 3.05) is 12.4 Å². The average molecular weight is 270 g/mol. The van der Waals surface area contributed by atoms with Crippen LogP contribution in [0.1, 0.15) is 15.9 Å². The zero-order valence-corrected chi connectivity index (χ0v) is 11.0. The van der Waals surface area contributed by atoms with Crippen LogP contribution < -0.4 is 5.32 Å². The maximum Gasteiger partial charge on any atom is 0.339 e. The maximum atomic E-state index is 11.8. The Hall–Kier alpha value is -2.69. The van der Waals surface area contributed by atoms with Gasteiger partial charge in [0.25, 0.3) is 0 Å². The van der Waals surface area contributed by atoms with E-state index in [2.05, 4.69) is 15.0 Å². The van der Waals surface area contributed by atoms with Crippen LogP contribution in [0.5, 0.6) is 0 Å². The van der Waals surface area contributed by atoms with Crippen LogP contribution in [0, 0.1) is 0 Å². The minimum absolute atomic E-state index is 0.158. The van der Waals surface area contributed by atoms with Crippen molar-refractivity contribution in [2.45, 2.75) is 6.42 Å². The molecule has 0 aliphatic rings. The Morgan fingerprint density at radius 1 is 1.15 bits per heavy atom. The quantitative estimate of drug-likeness (QED) is 0.863. The SMILES string of the molecule is COC(=O)c1ccc(NC(=O)Cc2ccccc2)nc1. The molecule has 0 saturated heterocycles. The van der Waals surface area contributed by atoms with Gasteiger partial charge in [-0.15, -0.1) is 0 Å². The average Bonchev–Trinajstić information content (AvgIpc) is 2.48. The number of aromatic nitrogens is 1. The van der Waals surface area contributed by atoms with Gasteiger partial charge in [-0.1, -0.05) is 30.3 Å². The highest BCUT2D eigenvalue weighted by Gasteiger charge is 2.07. The zero-order chi connectivity index (χ0) is 14.4. The van der Waals surface area contributed by atoms with E-state index < -0.39 is 5.97 Å². The number of ether oxygens (including phenoxy) is 1. The van der Waals surface area contributed by atoms with E-state index in [4.69, 9.17) is 0 Å². The van der Waals surface area contributed by atoms with E-state index in [1.165, 1.54) is 13.3 Å². The molecule has 0 spiro atoms. The van der Waals surface area contributed by atoms with Crippen LogP contribution in [0.15, 0.2) is 48.7 Å².